The zero-order chi connectivity index (χ0) is 15.4. The molecule has 0 aromatic heterocycles. The van der Waals surface area contributed by atoms with E-state index in [0.717, 1.165) is 6.42 Å². The molecule has 1 aromatic carbocycles. The molecule has 0 aliphatic heterocycles. The van der Waals surface area contributed by atoms with Crippen molar-refractivity contribution in [2.24, 2.45) is 11.3 Å². The Morgan fingerprint density at radius 1 is 1.24 bits per heavy atom. The Balaban J connectivity index is 2.14. The molecule has 1 N–H and O–H groups in total. The highest BCUT2D eigenvalue weighted by molar-refractivity contribution is 5.97. The van der Waals surface area contributed by atoms with E-state index < -0.39 is 0 Å². The van der Waals surface area contributed by atoms with E-state index in [9.17, 15) is 9.90 Å². The molecule has 1 fully saturated rings. The summed E-state index contributed by atoms with van der Waals surface area (Å²) in [6.45, 7) is 8.68. The van der Waals surface area contributed by atoms with Gasteiger partial charge in [-0.1, -0.05) is 27.2 Å². The average Bonchev–Trinajstić information content (AvgIpc) is 2.37. The van der Waals surface area contributed by atoms with E-state index in [2.05, 4.69) is 20.8 Å². The van der Waals surface area contributed by atoms with Gasteiger partial charge in [-0.05, 0) is 72.6 Å². The first-order valence-electron chi connectivity index (χ1n) is 8.13. The lowest BCUT2D eigenvalue weighted by Gasteiger charge is -2.54. The summed E-state index contributed by atoms with van der Waals surface area (Å²) in [5, 5.41) is 10.3. The van der Waals surface area contributed by atoms with E-state index in [1.54, 1.807) is 0 Å². The lowest BCUT2D eigenvalue weighted by Crippen LogP contribution is -2.47. The number of hydrogen-bond acceptors (Lipinski definition) is 2. The van der Waals surface area contributed by atoms with Crippen LogP contribution in [0.15, 0.2) is 12.1 Å². The first-order valence-corrected chi connectivity index (χ1v) is 8.13. The largest absolute Gasteiger partial charge is 0.507 e. The number of phenolic OH excluding ortho intramolecular Hbond substituents is 1. The van der Waals surface area contributed by atoms with Gasteiger partial charge in [0.05, 0.1) is 5.56 Å². The van der Waals surface area contributed by atoms with Crippen molar-refractivity contribution in [2.75, 3.05) is 0 Å². The van der Waals surface area contributed by atoms with Crippen LogP contribution in [0, 0.1) is 11.3 Å². The van der Waals surface area contributed by atoms with Gasteiger partial charge < -0.3 is 5.11 Å². The number of aromatic hydroxyl groups is 1. The minimum absolute atomic E-state index is 0.0495. The third-order valence-corrected chi connectivity index (χ3v) is 6.15. The molecule has 114 valence electrons. The van der Waals surface area contributed by atoms with Crippen LogP contribution in [-0.2, 0) is 11.8 Å². The van der Waals surface area contributed by atoms with Crippen LogP contribution in [0.2, 0.25) is 0 Å². The standard InChI is InChI=1S/C19H26O2/c1-12(20)14-10-13-6-7-17-18(2,3)8-5-9-19(17,4)15(13)11-16(14)21/h10-11,17,21H,5-9H2,1-4H3/t17-,19+/m1/s1. The van der Waals surface area contributed by atoms with E-state index in [1.807, 2.05) is 12.1 Å². The molecular weight excluding hydrogens is 260 g/mol. The summed E-state index contributed by atoms with van der Waals surface area (Å²) < 4.78 is 0. The lowest BCUT2D eigenvalue weighted by molar-refractivity contribution is 0.0405. The van der Waals surface area contributed by atoms with Crippen LogP contribution in [0.3, 0.4) is 0 Å². The van der Waals surface area contributed by atoms with Gasteiger partial charge in [0, 0.05) is 0 Å². The normalized spacial score (nSPS) is 30.4. The minimum Gasteiger partial charge on any atom is -0.507 e. The molecule has 0 bridgehead atoms. The second-order valence-electron chi connectivity index (χ2n) is 7.93. The average molecular weight is 286 g/mol. The molecule has 0 radical (unpaired) electrons. The summed E-state index contributed by atoms with van der Waals surface area (Å²) >= 11 is 0. The molecule has 21 heavy (non-hydrogen) atoms. The van der Waals surface area contributed by atoms with Gasteiger partial charge in [-0.2, -0.15) is 0 Å². The zero-order valence-electron chi connectivity index (χ0n) is 13.6. The fourth-order valence-electron chi connectivity index (χ4n) is 5.11. The molecule has 0 saturated heterocycles. The van der Waals surface area contributed by atoms with Gasteiger partial charge in [-0.3, -0.25) is 4.79 Å². The molecule has 2 heteroatoms. The van der Waals surface area contributed by atoms with Gasteiger partial charge in [0.2, 0.25) is 0 Å². The van der Waals surface area contributed by atoms with Crippen molar-refractivity contribution in [3.05, 3.63) is 28.8 Å². The van der Waals surface area contributed by atoms with E-state index >= 15 is 0 Å². The van der Waals surface area contributed by atoms with Crippen molar-refractivity contribution < 1.29 is 9.90 Å². The van der Waals surface area contributed by atoms with Crippen LogP contribution in [-0.4, -0.2) is 10.9 Å². The lowest BCUT2D eigenvalue weighted by atomic mass is 9.50. The third-order valence-electron chi connectivity index (χ3n) is 6.15. The highest BCUT2D eigenvalue weighted by Crippen LogP contribution is 2.57. The predicted molar refractivity (Wildman–Crippen MR) is 84.9 cm³/mol. The van der Waals surface area contributed by atoms with Gasteiger partial charge in [-0.25, -0.2) is 0 Å². The maximum atomic E-state index is 11.7. The van der Waals surface area contributed by atoms with Crippen molar-refractivity contribution >= 4 is 5.78 Å². The molecule has 2 aliphatic carbocycles. The SMILES string of the molecule is CC(=O)c1cc2c(cc1O)[C@]1(C)CCCC(C)(C)[C@H]1CC2. The number of rotatable bonds is 1. The Morgan fingerprint density at radius 3 is 2.62 bits per heavy atom. The highest BCUT2D eigenvalue weighted by Gasteiger charge is 2.49. The summed E-state index contributed by atoms with van der Waals surface area (Å²) in [6.07, 6.45) is 5.94. The van der Waals surface area contributed by atoms with Gasteiger partial charge in [0.25, 0.3) is 0 Å². The molecular formula is C19H26O2. The number of fused-ring (bicyclic) bond motifs is 3. The maximum Gasteiger partial charge on any atom is 0.163 e. The molecule has 1 saturated carbocycles. The molecule has 0 spiro atoms. The summed E-state index contributed by atoms with van der Waals surface area (Å²) in [7, 11) is 0. The number of Topliss-reactive ketones (excluding diaryl/α,β-unsaturated/α-hetero) is 1. The van der Waals surface area contributed by atoms with Gasteiger partial charge in [0.15, 0.2) is 5.78 Å². The summed E-state index contributed by atoms with van der Waals surface area (Å²) in [5.41, 5.74) is 3.54. The number of phenols is 1. The van der Waals surface area contributed by atoms with E-state index in [-0.39, 0.29) is 16.9 Å². The Kier molecular flexibility index (Phi) is 3.20. The Labute approximate surface area is 127 Å². The molecule has 1 aromatic rings. The Morgan fingerprint density at radius 2 is 1.95 bits per heavy atom. The van der Waals surface area contributed by atoms with E-state index in [0.29, 0.717) is 16.9 Å². The number of hydrogen-bond donors (Lipinski definition) is 1. The smallest absolute Gasteiger partial charge is 0.163 e. The van der Waals surface area contributed by atoms with Crippen molar-refractivity contribution in [1.29, 1.82) is 0 Å². The number of benzene rings is 1. The van der Waals surface area contributed by atoms with Crippen molar-refractivity contribution in [3.63, 3.8) is 0 Å². The third kappa shape index (κ3) is 2.11. The van der Waals surface area contributed by atoms with Crippen LogP contribution in [0.5, 0.6) is 5.75 Å². The molecule has 0 heterocycles. The molecule has 0 unspecified atom stereocenters. The molecule has 0 amide bonds. The van der Waals surface area contributed by atoms with E-state index in [1.165, 1.54) is 43.7 Å². The topological polar surface area (TPSA) is 37.3 Å². The highest BCUT2D eigenvalue weighted by atomic mass is 16.3. The van der Waals surface area contributed by atoms with Crippen LogP contribution in [0.1, 0.15) is 74.9 Å². The zero-order valence-corrected chi connectivity index (χ0v) is 13.6. The second kappa shape index (κ2) is 4.59. The molecule has 2 atom stereocenters. The molecule has 3 rings (SSSR count). The van der Waals surface area contributed by atoms with Gasteiger partial charge in [-0.15, -0.1) is 0 Å². The quantitative estimate of drug-likeness (QED) is 0.764. The second-order valence-corrected chi connectivity index (χ2v) is 7.93. The first-order chi connectivity index (χ1) is 9.75. The summed E-state index contributed by atoms with van der Waals surface area (Å²) in [4.78, 5) is 11.7. The fraction of sp³-hybridized carbons (Fsp3) is 0.632. The molecule has 2 aliphatic rings. The van der Waals surface area contributed by atoms with Gasteiger partial charge in [0.1, 0.15) is 5.75 Å². The summed E-state index contributed by atoms with van der Waals surface area (Å²) in [6, 6.07) is 3.83. The number of aryl methyl sites for hydroxylation is 1. The number of carbonyl (C=O) groups is 1. The Bertz CT molecular complexity index is 600. The monoisotopic (exact) mass is 286 g/mol. The number of carbonyl (C=O) groups excluding carboxylic acids is 1. The van der Waals surface area contributed by atoms with Gasteiger partial charge >= 0.3 is 0 Å². The van der Waals surface area contributed by atoms with Crippen LogP contribution in [0.4, 0.5) is 0 Å². The minimum atomic E-state index is -0.0495. The van der Waals surface area contributed by atoms with E-state index in [4.69, 9.17) is 0 Å². The van der Waals surface area contributed by atoms with Crippen molar-refractivity contribution in [3.8, 4) is 5.75 Å². The van der Waals surface area contributed by atoms with Crippen molar-refractivity contribution in [2.45, 2.75) is 65.2 Å². The summed E-state index contributed by atoms with van der Waals surface area (Å²) in [5.74, 6) is 0.770. The van der Waals surface area contributed by atoms with Crippen LogP contribution in [0.25, 0.3) is 0 Å². The van der Waals surface area contributed by atoms with Crippen LogP contribution < -0.4 is 0 Å². The molecule has 2 nitrogen and oxygen atoms in total. The first kappa shape index (κ1) is 14.6. The van der Waals surface area contributed by atoms with Crippen LogP contribution >= 0.6 is 0 Å². The van der Waals surface area contributed by atoms with Crippen molar-refractivity contribution in [1.82, 2.24) is 0 Å². The maximum absolute atomic E-state index is 11.7. The Hall–Kier alpha value is -1.31. The number of ketones is 1. The fourth-order valence-corrected chi connectivity index (χ4v) is 5.11. The predicted octanol–water partition coefficient (Wildman–Crippen LogP) is 4.63.